The fraction of sp³-hybridized carbons (Fsp3) is 0.346. The van der Waals surface area contributed by atoms with Gasteiger partial charge in [-0.2, -0.15) is 5.26 Å². The van der Waals surface area contributed by atoms with E-state index in [1.54, 1.807) is 24.0 Å². The van der Waals surface area contributed by atoms with E-state index in [4.69, 9.17) is 4.74 Å². The number of carbonyl (C=O) groups is 2. The quantitative estimate of drug-likeness (QED) is 0.596. The van der Waals surface area contributed by atoms with Crippen molar-refractivity contribution in [3.8, 4) is 6.07 Å². The second-order valence-electron chi connectivity index (χ2n) is 7.74. The van der Waals surface area contributed by atoms with E-state index in [1.165, 1.54) is 0 Å². The minimum Gasteiger partial charge on any atom is -0.463 e. The Bertz CT molecular complexity index is 1050. The van der Waals surface area contributed by atoms with Crippen LogP contribution in [0.15, 0.2) is 59.8 Å². The number of hydrogen-bond acceptors (Lipinski definition) is 4. The van der Waals surface area contributed by atoms with Gasteiger partial charge in [0.2, 0.25) is 5.91 Å². The molecule has 0 aromatic heterocycles. The number of benzene rings is 2. The van der Waals surface area contributed by atoms with E-state index in [-0.39, 0.29) is 30.8 Å². The number of amides is 1. The van der Waals surface area contributed by atoms with Crippen LogP contribution in [-0.2, 0) is 20.9 Å². The molecule has 31 heavy (non-hydrogen) atoms. The summed E-state index contributed by atoms with van der Waals surface area (Å²) in [6.45, 7) is 6.43. The minimum absolute atomic E-state index is 0.0212. The van der Waals surface area contributed by atoms with Crippen LogP contribution in [0, 0.1) is 18.3 Å². The smallest absolute Gasteiger partial charge is 0.336 e. The van der Waals surface area contributed by atoms with Gasteiger partial charge in [-0.1, -0.05) is 49.7 Å². The monoisotopic (exact) mass is 416 g/mol. The minimum atomic E-state index is -0.359. The van der Waals surface area contributed by atoms with E-state index in [9.17, 15) is 14.9 Å². The van der Waals surface area contributed by atoms with E-state index in [0.717, 1.165) is 28.8 Å². The van der Waals surface area contributed by atoms with Gasteiger partial charge in [-0.3, -0.25) is 4.79 Å². The number of rotatable bonds is 7. The molecule has 1 atom stereocenters. The van der Waals surface area contributed by atoms with Gasteiger partial charge >= 0.3 is 5.97 Å². The van der Waals surface area contributed by atoms with Gasteiger partial charge in [-0.15, -0.1) is 0 Å². The Labute approximate surface area is 183 Å². The molecule has 0 bridgehead atoms. The van der Waals surface area contributed by atoms with Crippen molar-refractivity contribution in [2.45, 2.75) is 52.5 Å². The molecule has 2 aromatic carbocycles. The van der Waals surface area contributed by atoms with E-state index < -0.39 is 0 Å². The number of ether oxygens (including phenoxy) is 1. The normalized spacial score (nSPS) is 16.3. The number of allylic oxidation sites excluding steroid dienone is 1. The molecule has 5 nitrogen and oxygen atoms in total. The third-order valence-electron chi connectivity index (χ3n) is 5.61. The fourth-order valence-electron chi connectivity index (χ4n) is 4.21. The molecule has 1 amide bonds. The highest BCUT2D eigenvalue weighted by molar-refractivity contribution is 5.96. The van der Waals surface area contributed by atoms with Crippen molar-refractivity contribution in [2.75, 3.05) is 6.61 Å². The molecule has 0 fully saturated rings. The molecule has 0 saturated carbocycles. The molecule has 0 N–H and O–H groups in total. The molecule has 0 radical (unpaired) electrons. The molecule has 3 rings (SSSR count). The van der Waals surface area contributed by atoms with Crippen molar-refractivity contribution < 1.29 is 14.3 Å². The number of carbonyl (C=O) groups excluding carboxylic acids is 2. The Balaban J connectivity index is 2.13. The first-order valence-electron chi connectivity index (χ1n) is 10.7. The summed E-state index contributed by atoms with van der Waals surface area (Å²) in [4.78, 5) is 28.2. The molecule has 5 heteroatoms. The second-order valence-corrected chi connectivity index (χ2v) is 7.74. The predicted molar refractivity (Wildman–Crippen MR) is 119 cm³/mol. The maximum absolute atomic E-state index is 13.3. The lowest BCUT2D eigenvalue weighted by molar-refractivity contribution is -0.140. The number of hydrogen-bond donors (Lipinski definition) is 0. The number of esters is 1. The van der Waals surface area contributed by atoms with E-state index in [0.29, 0.717) is 24.1 Å². The molecular formula is C26H28N2O3. The Morgan fingerprint density at radius 3 is 2.65 bits per heavy atom. The molecule has 2 aromatic rings. The summed E-state index contributed by atoms with van der Waals surface area (Å²) in [7, 11) is 0. The van der Waals surface area contributed by atoms with Crippen molar-refractivity contribution >= 4 is 11.9 Å². The van der Waals surface area contributed by atoms with E-state index in [1.807, 2.05) is 50.2 Å². The van der Waals surface area contributed by atoms with Crippen LogP contribution in [0.5, 0.6) is 0 Å². The molecule has 1 aliphatic rings. The lowest BCUT2D eigenvalue weighted by Gasteiger charge is -2.36. The summed E-state index contributed by atoms with van der Waals surface area (Å²) in [5.74, 6) is -0.703. The maximum atomic E-state index is 13.3. The summed E-state index contributed by atoms with van der Waals surface area (Å²) < 4.78 is 5.44. The van der Waals surface area contributed by atoms with Gasteiger partial charge in [0.25, 0.3) is 0 Å². The summed E-state index contributed by atoms with van der Waals surface area (Å²) in [6.07, 6.45) is 1.60. The third kappa shape index (κ3) is 4.86. The Morgan fingerprint density at radius 2 is 1.97 bits per heavy atom. The van der Waals surface area contributed by atoms with Crippen LogP contribution in [0.2, 0.25) is 0 Å². The zero-order valence-electron chi connectivity index (χ0n) is 18.4. The first kappa shape index (κ1) is 22.3. The van der Waals surface area contributed by atoms with Crippen LogP contribution in [0.3, 0.4) is 0 Å². The SMILES string of the molecule is CCCC1=C(C(=O)OCC)[C@H](c2ccccc2C)CC(=O)N1Cc1cccc(C#N)c1. The Kier molecular flexibility index (Phi) is 7.25. The molecule has 0 aliphatic carbocycles. The average molecular weight is 417 g/mol. The Hall–Kier alpha value is -3.39. The van der Waals surface area contributed by atoms with Gasteiger partial charge in [0, 0.05) is 18.0 Å². The lowest BCUT2D eigenvalue weighted by atomic mass is 9.80. The first-order valence-corrected chi connectivity index (χ1v) is 10.7. The van der Waals surface area contributed by atoms with Gasteiger partial charge in [0.15, 0.2) is 0 Å². The molecule has 160 valence electrons. The van der Waals surface area contributed by atoms with Crippen molar-refractivity contribution in [3.05, 3.63) is 82.1 Å². The summed E-state index contributed by atoms with van der Waals surface area (Å²) in [5.41, 5.74) is 4.75. The highest BCUT2D eigenvalue weighted by Crippen LogP contribution is 2.40. The molecule has 0 unspecified atom stereocenters. The van der Waals surface area contributed by atoms with Crippen molar-refractivity contribution in [2.24, 2.45) is 0 Å². The largest absolute Gasteiger partial charge is 0.463 e. The third-order valence-corrected chi connectivity index (χ3v) is 5.61. The zero-order chi connectivity index (χ0) is 22.4. The van der Waals surface area contributed by atoms with Crippen molar-refractivity contribution in [3.63, 3.8) is 0 Å². The van der Waals surface area contributed by atoms with Gasteiger partial charge in [0.1, 0.15) is 0 Å². The molecule has 0 saturated heterocycles. The van der Waals surface area contributed by atoms with Crippen LogP contribution in [0.1, 0.15) is 61.3 Å². The fourth-order valence-corrected chi connectivity index (χ4v) is 4.21. The first-order chi connectivity index (χ1) is 15.0. The topological polar surface area (TPSA) is 70.4 Å². The van der Waals surface area contributed by atoms with E-state index in [2.05, 4.69) is 6.07 Å². The highest BCUT2D eigenvalue weighted by atomic mass is 16.5. The second kappa shape index (κ2) is 10.1. The number of nitriles is 1. The maximum Gasteiger partial charge on any atom is 0.336 e. The molecular weight excluding hydrogens is 388 g/mol. The lowest BCUT2D eigenvalue weighted by Crippen LogP contribution is -2.39. The summed E-state index contributed by atoms with van der Waals surface area (Å²) >= 11 is 0. The predicted octanol–water partition coefficient (Wildman–Crippen LogP) is 5.00. The highest BCUT2D eigenvalue weighted by Gasteiger charge is 2.38. The van der Waals surface area contributed by atoms with Crippen molar-refractivity contribution in [1.82, 2.24) is 4.90 Å². The Morgan fingerprint density at radius 1 is 1.19 bits per heavy atom. The molecule has 0 spiro atoms. The number of aryl methyl sites for hydroxylation is 1. The summed E-state index contributed by atoms with van der Waals surface area (Å²) in [5, 5.41) is 9.22. The average Bonchev–Trinajstić information content (AvgIpc) is 2.76. The van der Waals surface area contributed by atoms with Gasteiger partial charge in [0.05, 0.1) is 30.4 Å². The van der Waals surface area contributed by atoms with E-state index >= 15 is 0 Å². The van der Waals surface area contributed by atoms with Gasteiger partial charge in [-0.05, 0) is 49.1 Å². The summed E-state index contributed by atoms with van der Waals surface area (Å²) in [6, 6.07) is 17.3. The molecule has 1 aliphatic heterocycles. The van der Waals surface area contributed by atoms with Crippen molar-refractivity contribution in [1.29, 1.82) is 5.26 Å². The van der Waals surface area contributed by atoms with Crippen LogP contribution in [0.4, 0.5) is 0 Å². The standard InChI is InChI=1S/C26H28N2O3/c1-4-9-23-25(26(30)31-5-2)22(21-13-7-6-10-18(21)3)15-24(29)28(23)17-20-12-8-11-19(14-20)16-27/h6-8,10-14,22H,4-5,9,15,17H2,1-3H3/t22-/m0/s1. The van der Waals surface area contributed by atoms with Crippen LogP contribution < -0.4 is 0 Å². The van der Waals surface area contributed by atoms with Gasteiger partial charge in [-0.25, -0.2) is 4.79 Å². The zero-order valence-corrected chi connectivity index (χ0v) is 18.4. The number of nitrogens with zero attached hydrogens (tertiary/aromatic N) is 2. The molecule has 1 heterocycles. The van der Waals surface area contributed by atoms with Crippen LogP contribution >= 0.6 is 0 Å². The van der Waals surface area contributed by atoms with Crippen LogP contribution in [-0.4, -0.2) is 23.4 Å². The van der Waals surface area contributed by atoms with Gasteiger partial charge < -0.3 is 9.64 Å². The van der Waals surface area contributed by atoms with Crippen LogP contribution in [0.25, 0.3) is 0 Å².